The van der Waals surface area contributed by atoms with E-state index in [1.54, 1.807) is 42.6 Å². The van der Waals surface area contributed by atoms with Gasteiger partial charge in [0.25, 0.3) is 15.9 Å². The number of sulfonamides is 1. The molecule has 0 saturated carbocycles. The Bertz CT molecular complexity index is 1640. The van der Waals surface area contributed by atoms with E-state index in [0.29, 0.717) is 5.69 Å². The summed E-state index contributed by atoms with van der Waals surface area (Å²) in [6.45, 7) is 9.67. The van der Waals surface area contributed by atoms with Crippen LogP contribution in [0.5, 0.6) is 0 Å². The highest BCUT2D eigenvalue weighted by atomic mass is 32.2. The summed E-state index contributed by atoms with van der Waals surface area (Å²) in [5.74, 6) is -0.552. The van der Waals surface area contributed by atoms with Crippen molar-refractivity contribution in [1.29, 1.82) is 0 Å². The van der Waals surface area contributed by atoms with E-state index in [4.69, 9.17) is 0 Å². The Morgan fingerprint density at radius 3 is 2.12 bits per heavy atom. The molecular formula is C31H34N4O3S2. The van der Waals surface area contributed by atoms with Gasteiger partial charge in [0.1, 0.15) is 6.54 Å². The molecule has 4 aromatic rings. The van der Waals surface area contributed by atoms with E-state index in [2.05, 4.69) is 47.1 Å². The van der Waals surface area contributed by atoms with Gasteiger partial charge in [0.05, 0.1) is 16.8 Å². The smallest absolute Gasteiger partial charge is 0.264 e. The second-order valence-corrected chi connectivity index (χ2v) is 12.6. The number of aromatic nitrogens is 1. The van der Waals surface area contributed by atoms with Crippen LogP contribution in [0.3, 0.4) is 0 Å². The van der Waals surface area contributed by atoms with Gasteiger partial charge < -0.3 is 4.57 Å². The number of rotatable bonds is 9. The number of nitrogens with one attached hydrogen (secondary N) is 1. The van der Waals surface area contributed by atoms with Crippen LogP contribution in [-0.2, 0) is 14.8 Å². The van der Waals surface area contributed by atoms with Crippen molar-refractivity contribution in [3.63, 3.8) is 0 Å². The zero-order chi connectivity index (χ0) is 29.0. The molecule has 0 spiro atoms. The zero-order valence-corrected chi connectivity index (χ0v) is 25.2. The minimum Gasteiger partial charge on any atom is -0.318 e. The van der Waals surface area contributed by atoms with Crippen LogP contribution in [0.15, 0.2) is 87.7 Å². The van der Waals surface area contributed by atoms with Crippen LogP contribution in [0.25, 0.3) is 5.69 Å². The van der Waals surface area contributed by atoms with Gasteiger partial charge in [-0.15, -0.1) is 11.8 Å². The number of amides is 1. The third kappa shape index (κ3) is 6.48. The van der Waals surface area contributed by atoms with Crippen LogP contribution in [-0.4, -0.2) is 37.9 Å². The van der Waals surface area contributed by atoms with E-state index in [-0.39, 0.29) is 4.90 Å². The van der Waals surface area contributed by atoms with Crippen LogP contribution in [0.1, 0.15) is 33.6 Å². The summed E-state index contributed by atoms with van der Waals surface area (Å²) in [6, 6.07) is 22.0. The topological polar surface area (TPSA) is 83.8 Å². The van der Waals surface area contributed by atoms with Crippen molar-refractivity contribution in [2.24, 2.45) is 5.10 Å². The Morgan fingerprint density at radius 2 is 1.52 bits per heavy atom. The number of carbonyl (C=O) groups is 1. The lowest BCUT2D eigenvalue weighted by molar-refractivity contribution is -0.119. The quantitative estimate of drug-likeness (QED) is 0.149. The van der Waals surface area contributed by atoms with Crippen molar-refractivity contribution in [3.05, 3.63) is 106 Å². The molecule has 0 aliphatic heterocycles. The van der Waals surface area contributed by atoms with Gasteiger partial charge in [-0.3, -0.25) is 9.10 Å². The number of hydrazone groups is 1. The van der Waals surface area contributed by atoms with E-state index >= 15 is 0 Å². The van der Waals surface area contributed by atoms with Crippen molar-refractivity contribution in [3.8, 4) is 5.69 Å². The van der Waals surface area contributed by atoms with E-state index in [1.807, 2.05) is 45.2 Å². The molecule has 1 amide bonds. The molecule has 0 aliphatic rings. The molecule has 0 saturated heterocycles. The average Bonchev–Trinajstić information content (AvgIpc) is 3.19. The van der Waals surface area contributed by atoms with Crippen molar-refractivity contribution in [1.82, 2.24) is 9.99 Å². The summed E-state index contributed by atoms with van der Waals surface area (Å²) in [6.07, 6.45) is 3.51. The number of thioether (sulfide) groups is 1. The average molecular weight is 575 g/mol. The lowest BCUT2D eigenvalue weighted by Crippen LogP contribution is -2.39. The first-order valence-electron chi connectivity index (χ1n) is 12.8. The van der Waals surface area contributed by atoms with E-state index in [0.717, 1.165) is 37.4 Å². The summed E-state index contributed by atoms with van der Waals surface area (Å²) in [7, 11) is -4.00. The lowest BCUT2D eigenvalue weighted by atomic mass is 10.1. The highest BCUT2D eigenvalue weighted by molar-refractivity contribution is 7.98. The molecule has 1 aromatic heterocycles. The first-order valence-corrected chi connectivity index (χ1v) is 15.5. The number of hydrogen-bond acceptors (Lipinski definition) is 5. The number of carbonyl (C=O) groups excluding carboxylic acids is 1. The van der Waals surface area contributed by atoms with Gasteiger partial charge in [-0.05, 0) is 107 Å². The second-order valence-electron chi connectivity index (χ2n) is 9.82. The minimum atomic E-state index is -4.00. The Morgan fingerprint density at radius 1 is 0.900 bits per heavy atom. The van der Waals surface area contributed by atoms with Crippen LogP contribution in [0.2, 0.25) is 0 Å². The number of anilines is 1. The first kappa shape index (κ1) is 29.2. The summed E-state index contributed by atoms with van der Waals surface area (Å²) >= 11 is 1.53. The minimum absolute atomic E-state index is 0.112. The van der Waals surface area contributed by atoms with E-state index in [1.165, 1.54) is 22.9 Å². The normalized spacial score (nSPS) is 11.7. The highest BCUT2D eigenvalue weighted by Gasteiger charge is 2.27. The Labute approximate surface area is 241 Å². The molecule has 40 heavy (non-hydrogen) atoms. The van der Waals surface area contributed by atoms with Gasteiger partial charge in [0.15, 0.2) is 0 Å². The monoisotopic (exact) mass is 574 g/mol. The van der Waals surface area contributed by atoms with Gasteiger partial charge in [-0.1, -0.05) is 23.8 Å². The Kier molecular flexibility index (Phi) is 8.85. The second kappa shape index (κ2) is 12.1. The molecule has 1 N–H and O–H groups in total. The molecule has 1 heterocycles. The molecule has 0 bridgehead atoms. The summed E-state index contributed by atoms with van der Waals surface area (Å²) in [4.78, 5) is 14.0. The number of benzene rings is 3. The van der Waals surface area contributed by atoms with Crippen LogP contribution < -0.4 is 9.73 Å². The largest absolute Gasteiger partial charge is 0.318 e. The van der Waals surface area contributed by atoms with Crippen molar-refractivity contribution in [2.45, 2.75) is 44.4 Å². The molecule has 0 aliphatic carbocycles. The molecule has 4 rings (SSSR count). The molecule has 0 unspecified atom stereocenters. The van der Waals surface area contributed by atoms with Crippen molar-refractivity contribution >= 4 is 39.6 Å². The fourth-order valence-electron chi connectivity index (χ4n) is 4.64. The molecule has 0 atom stereocenters. The van der Waals surface area contributed by atoms with Gasteiger partial charge in [-0.2, -0.15) is 5.10 Å². The van der Waals surface area contributed by atoms with Gasteiger partial charge in [0, 0.05) is 27.5 Å². The summed E-state index contributed by atoms with van der Waals surface area (Å²) < 4.78 is 30.5. The Hall–Kier alpha value is -3.82. The number of nitrogens with zero attached hydrogens (tertiary/aromatic N) is 3. The van der Waals surface area contributed by atoms with Crippen molar-refractivity contribution in [2.75, 3.05) is 17.1 Å². The maximum absolute atomic E-state index is 13.6. The van der Waals surface area contributed by atoms with Crippen molar-refractivity contribution < 1.29 is 13.2 Å². The summed E-state index contributed by atoms with van der Waals surface area (Å²) in [5, 5.41) is 4.16. The third-order valence-electron chi connectivity index (χ3n) is 6.58. The van der Waals surface area contributed by atoms with Crippen LogP contribution in [0.4, 0.5) is 5.69 Å². The molecule has 7 nitrogen and oxygen atoms in total. The fourth-order valence-corrected chi connectivity index (χ4v) is 6.47. The molecule has 208 valence electrons. The van der Waals surface area contributed by atoms with E-state index in [9.17, 15) is 13.2 Å². The standard InChI is InChI=1S/C31H34N4O3S2/c1-21-7-9-27(10-8-21)34(40(37,38)30-13-11-29(39-6)12-14-30)20-31(36)33-32-19-26-18-24(4)35(25(26)5)28-16-22(2)15-23(3)17-28/h7-19H,20H2,1-6H3,(H,33,36)/b32-19-. The predicted molar refractivity (Wildman–Crippen MR) is 164 cm³/mol. The van der Waals surface area contributed by atoms with Gasteiger partial charge >= 0.3 is 0 Å². The third-order valence-corrected chi connectivity index (χ3v) is 9.12. The van der Waals surface area contributed by atoms with Crippen LogP contribution >= 0.6 is 11.8 Å². The number of hydrogen-bond donors (Lipinski definition) is 1. The number of aryl methyl sites for hydroxylation is 4. The molecule has 9 heteroatoms. The lowest BCUT2D eigenvalue weighted by Gasteiger charge is -2.24. The summed E-state index contributed by atoms with van der Waals surface area (Å²) in [5.41, 5.74) is 10.2. The molecule has 3 aromatic carbocycles. The Balaban J connectivity index is 1.56. The van der Waals surface area contributed by atoms with E-state index < -0.39 is 22.5 Å². The van der Waals surface area contributed by atoms with Gasteiger partial charge in [0.2, 0.25) is 0 Å². The first-order chi connectivity index (χ1) is 19.0. The SMILES string of the molecule is CSc1ccc(S(=O)(=O)N(CC(=O)N/N=C\c2cc(C)n(-c3cc(C)cc(C)c3)c2C)c2ccc(C)cc2)cc1. The van der Waals surface area contributed by atoms with Crippen LogP contribution in [0, 0.1) is 34.6 Å². The fraction of sp³-hybridized carbons (Fsp3) is 0.226. The maximum atomic E-state index is 13.6. The zero-order valence-electron chi connectivity index (χ0n) is 23.6. The predicted octanol–water partition coefficient (Wildman–Crippen LogP) is 6.09. The molecule has 0 fully saturated rings. The maximum Gasteiger partial charge on any atom is 0.264 e. The molecular weight excluding hydrogens is 541 g/mol. The molecule has 0 radical (unpaired) electrons. The van der Waals surface area contributed by atoms with Gasteiger partial charge in [-0.25, -0.2) is 13.8 Å². The highest BCUT2D eigenvalue weighted by Crippen LogP contribution is 2.26.